The van der Waals surface area contributed by atoms with Crippen LogP contribution in [-0.2, 0) is 30.7 Å². The second-order valence-corrected chi connectivity index (χ2v) is 15.6. The molecule has 0 bridgehead atoms. The summed E-state index contributed by atoms with van der Waals surface area (Å²) in [6.45, 7) is 1.66. The first-order chi connectivity index (χ1) is 28.9. The van der Waals surface area contributed by atoms with Crippen LogP contribution < -0.4 is 0 Å². The van der Waals surface area contributed by atoms with Gasteiger partial charge in [0.2, 0.25) is 0 Å². The van der Waals surface area contributed by atoms with Gasteiger partial charge < -0.3 is 19.0 Å². The Bertz CT molecular complexity index is 2790. The Hall–Kier alpha value is -6.94. The molecule has 10 nitrogen and oxygen atoms in total. The minimum absolute atomic E-state index is 0.267. The number of rotatable bonds is 12. The zero-order chi connectivity index (χ0) is 40.3. The first-order valence-corrected chi connectivity index (χ1v) is 20.2. The number of aromatic nitrogens is 6. The quantitative estimate of drug-likeness (QED) is 0.122. The molecule has 4 aromatic heterocycles. The van der Waals surface area contributed by atoms with E-state index in [4.69, 9.17) is 4.74 Å². The number of carbonyl (C=O) groups excluding carboxylic acids is 1. The van der Waals surface area contributed by atoms with Crippen LogP contribution in [0.4, 0.5) is 0 Å². The molecular formula is C49H44N6O4. The smallest absolute Gasteiger partial charge is 0.339 e. The predicted molar refractivity (Wildman–Crippen MR) is 227 cm³/mol. The second-order valence-electron chi connectivity index (χ2n) is 15.6. The van der Waals surface area contributed by atoms with Crippen molar-refractivity contribution in [1.82, 2.24) is 29.5 Å². The van der Waals surface area contributed by atoms with E-state index in [1.807, 2.05) is 24.3 Å². The molecule has 294 valence electrons. The topological polar surface area (TPSA) is 125 Å². The zero-order valence-electron chi connectivity index (χ0n) is 32.9. The molecule has 2 saturated carbocycles. The molecule has 0 radical (unpaired) electrons. The van der Waals surface area contributed by atoms with Crippen LogP contribution in [0.5, 0.6) is 0 Å². The third-order valence-corrected chi connectivity index (χ3v) is 11.2. The number of carboxylic acids is 1. The number of benzene rings is 4. The minimum atomic E-state index is -0.938. The van der Waals surface area contributed by atoms with E-state index in [2.05, 4.69) is 133 Å². The highest BCUT2D eigenvalue weighted by Crippen LogP contribution is 2.40. The van der Waals surface area contributed by atoms with Crippen molar-refractivity contribution in [3.63, 3.8) is 0 Å². The highest BCUT2D eigenvalue weighted by molar-refractivity contribution is 5.91. The normalized spacial score (nSPS) is 13.6. The van der Waals surface area contributed by atoms with Crippen molar-refractivity contribution in [1.29, 1.82) is 0 Å². The Kier molecular flexibility index (Phi) is 10.5. The summed E-state index contributed by atoms with van der Waals surface area (Å²) < 4.78 is 9.46. The van der Waals surface area contributed by atoms with Gasteiger partial charge in [0.1, 0.15) is 0 Å². The summed E-state index contributed by atoms with van der Waals surface area (Å²) in [6, 6.07) is 41.3. The number of nitrogens with zero attached hydrogens (tertiary/aromatic N) is 6. The first-order valence-electron chi connectivity index (χ1n) is 20.2. The van der Waals surface area contributed by atoms with Gasteiger partial charge in [0.05, 0.1) is 41.0 Å². The third-order valence-electron chi connectivity index (χ3n) is 11.2. The lowest BCUT2D eigenvalue weighted by atomic mass is 10.0. The van der Waals surface area contributed by atoms with E-state index in [9.17, 15) is 14.7 Å². The molecule has 0 spiro atoms. The summed E-state index contributed by atoms with van der Waals surface area (Å²) in [6.07, 6.45) is 9.59. The number of hydrogen-bond donors (Lipinski definition) is 1. The molecule has 0 saturated heterocycles. The molecule has 8 aromatic rings. The summed E-state index contributed by atoms with van der Waals surface area (Å²) in [5.41, 5.74) is 10.7. The van der Waals surface area contributed by atoms with Crippen LogP contribution in [0.2, 0.25) is 0 Å². The minimum Gasteiger partial charge on any atom is -0.478 e. The number of esters is 1. The Morgan fingerprint density at radius 1 is 0.576 bits per heavy atom. The van der Waals surface area contributed by atoms with E-state index in [0.717, 1.165) is 72.2 Å². The van der Waals surface area contributed by atoms with Gasteiger partial charge in [0.15, 0.2) is 0 Å². The van der Waals surface area contributed by atoms with Gasteiger partial charge in [0, 0.05) is 61.2 Å². The zero-order valence-corrected chi connectivity index (χ0v) is 32.9. The Morgan fingerprint density at radius 3 is 1.47 bits per heavy atom. The monoisotopic (exact) mass is 780 g/mol. The highest BCUT2D eigenvalue weighted by atomic mass is 16.5. The van der Waals surface area contributed by atoms with E-state index in [1.54, 1.807) is 6.07 Å². The molecule has 10 rings (SSSR count). The van der Waals surface area contributed by atoms with Crippen LogP contribution in [0.1, 0.15) is 103 Å². The van der Waals surface area contributed by atoms with Gasteiger partial charge in [-0.1, -0.05) is 72.8 Å². The van der Waals surface area contributed by atoms with Gasteiger partial charge in [0.25, 0.3) is 0 Å². The van der Waals surface area contributed by atoms with Gasteiger partial charge in [-0.05, 0) is 107 Å². The van der Waals surface area contributed by atoms with Crippen molar-refractivity contribution < 1.29 is 19.4 Å². The Morgan fingerprint density at radius 2 is 1.03 bits per heavy atom. The van der Waals surface area contributed by atoms with Crippen LogP contribution in [0, 0.1) is 0 Å². The molecule has 0 aliphatic heterocycles. The molecule has 2 aliphatic rings. The SMILES string of the molecule is COC(=O)c1cc(C2CC2)nnc1Cc1ccc2c(ccn2Cc2ccccc2)c1.O=C(O)c1cc(C2CC2)nnc1Cc1ccc2c(ccn2Cc2ccccc2)c1. The molecule has 2 aliphatic carbocycles. The molecule has 2 fully saturated rings. The van der Waals surface area contributed by atoms with Crippen LogP contribution in [0.15, 0.2) is 134 Å². The van der Waals surface area contributed by atoms with Crippen molar-refractivity contribution in [3.8, 4) is 0 Å². The average molecular weight is 781 g/mol. The average Bonchev–Trinajstić information content (AvgIpc) is 4.21. The van der Waals surface area contributed by atoms with E-state index in [-0.39, 0.29) is 11.5 Å². The number of fused-ring (bicyclic) bond motifs is 2. The predicted octanol–water partition coefficient (Wildman–Crippen LogP) is 9.38. The van der Waals surface area contributed by atoms with Crippen molar-refractivity contribution in [2.24, 2.45) is 0 Å². The molecule has 4 aromatic carbocycles. The van der Waals surface area contributed by atoms with Gasteiger partial charge in [-0.15, -0.1) is 0 Å². The fraction of sp³-hybridized carbons (Fsp3) is 0.224. The number of hydrogen-bond acceptors (Lipinski definition) is 7. The third kappa shape index (κ3) is 8.67. The molecule has 0 atom stereocenters. The number of methoxy groups -OCH3 is 1. The van der Waals surface area contributed by atoms with E-state index < -0.39 is 5.97 Å². The van der Waals surface area contributed by atoms with Gasteiger partial charge >= 0.3 is 11.9 Å². The maximum absolute atomic E-state index is 12.3. The Labute approximate surface area is 342 Å². The van der Waals surface area contributed by atoms with Gasteiger partial charge in [-0.25, -0.2) is 9.59 Å². The summed E-state index contributed by atoms with van der Waals surface area (Å²) >= 11 is 0. The van der Waals surface area contributed by atoms with Crippen LogP contribution in [0.25, 0.3) is 21.8 Å². The first kappa shape index (κ1) is 37.6. The largest absolute Gasteiger partial charge is 0.478 e. The van der Waals surface area contributed by atoms with Crippen LogP contribution >= 0.6 is 0 Å². The highest BCUT2D eigenvalue weighted by Gasteiger charge is 2.29. The second kappa shape index (κ2) is 16.5. The molecular weight excluding hydrogens is 737 g/mol. The summed E-state index contributed by atoms with van der Waals surface area (Å²) in [5, 5.41) is 29.2. The van der Waals surface area contributed by atoms with Crippen molar-refractivity contribution in [3.05, 3.63) is 190 Å². The standard InChI is InChI=1S/C25H23N3O2.C24H21N3O2/c1-30-25(29)21-15-22(19-8-9-19)26-27-23(21)14-18-7-10-24-20(13-18)11-12-28(24)16-17-5-3-2-4-6-17;28-24(29)20-14-21(18-7-8-18)25-26-22(20)13-17-6-9-23-19(12-17)10-11-27(23)15-16-4-2-1-3-5-16/h2-7,10-13,15,19H,8-9,14,16H2,1H3;1-6,9-12,14,18H,7-8,13,15H2,(H,28,29). The lowest BCUT2D eigenvalue weighted by Gasteiger charge is -2.09. The molecule has 1 N–H and O–H groups in total. The van der Waals surface area contributed by atoms with Crippen molar-refractivity contribution >= 4 is 33.7 Å². The van der Waals surface area contributed by atoms with E-state index >= 15 is 0 Å². The molecule has 0 unspecified atom stereocenters. The summed E-state index contributed by atoms with van der Waals surface area (Å²) in [4.78, 5) is 24.0. The summed E-state index contributed by atoms with van der Waals surface area (Å²) in [5.74, 6) is -0.463. The lowest BCUT2D eigenvalue weighted by Crippen LogP contribution is -2.11. The van der Waals surface area contributed by atoms with Crippen molar-refractivity contribution in [2.75, 3.05) is 7.11 Å². The number of carboxylic acid groups (broad SMARTS) is 1. The lowest BCUT2D eigenvalue weighted by molar-refractivity contribution is 0.0597. The van der Waals surface area contributed by atoms with Gasteiger partial charge in [-0.2, -0.15) is 20.4 Å². The van der Waals surface area contributed by atoms with E-state index in [1.165, 1.54) is 29.1 Å². The number of ether oxygens (including phenoxy) is 1. The van der Waals surface area contributed by atoms with Crippen LogP contribution in [-0.4, -0.2) is 53.7 Å². The molecule has 10 heteroatoms. The number of aromatic carboxylic acids is 1. The summed E-state index contributed by atoms with van der Waals surface area (Å²) in [7, 11) is 1.41. The fourth-order valence-electron chi connectivity index (χ4n) is 7.70. The van der Waals surface area contributed by atoms with Gasteiger partial charge in [-0.3, -0.25) is 0 Å². The van der Waals surface area contributed by atoms with E-state index in [0.29, 0.717) is 41.6 Å². The molecule has 4 heterocycles. The molecule has 0 amide bonds. The number of carbonyl (C=O) groups is 2. The molecule has 59 heavy (non-hydrogen) atoms. The van der Waals surface area contributed by atoms with Crippen LogP contribution in [0.3, 0.4) is 0 Å². The fourth-order valence-corrected chi connectivity index (χ4v) is 7.70. The maximum atomic E-state index is 12.3. The maximum Gasteiger partial charge on any atom is 0.339 e. The Balaban J connectivity index is 0.000000152. The van der Waals surface area contributed by atoms with Crippen molar-refractivity contribution in [2.45, 2.75) is 63.5 Å².